The molecule has 9 heteroatoms. The van der Waals surface area contributed by atoms with Crippen LogP contribution in [-0.2, 0) is 13.7 Å². The molecule has 8 nitrogen and oxygen atoms in total. The van der Waals surface area contributed by atoms with Crippen molar-refractivity contribution in [2.75, 3.05) is 0 Å². The van der Waals surface area contributed by atoms with Crippen molar-refractivity contribution in [2.45, 2.75) is 13.5 Å². The number of ether oxygens (including phenoxy) is 1. The lowest BCUT2D eigenvalue weighted by Gasteiger charge is -2.07. The predicted octanol–water partition coefficient (Wildman–Crippen LogP) is 3.81. The maximum atomic E-state index is 6.17. The second kappa shape index (κ2) is 6.35. The fourth-order valence-electron chi connectivity index (χ4n) is 2.99. The van der Waals surface area contributed by atoms with Crippen LogP contribution in [-0.4, -0.2) is 29.4 Å². The number of hydrogen-bond acceptors (Lipinski definition) is 6. The minimum absolute atomic E-state index is 0.255. The van der Waals surface area contributed by atoms with Gasteiger partial charge in [-0.1, -0.05) is 17.7 Å². The summed E-state index contributed by atoms with van der Waals surface area (Å²) >= 11 is 6.17. The molecule has 0 fully saturated rings. The van der Waals surface area contributed by atoms with Crippen molar-refractivity contribution in [1.29, 1.82) is 0 Å². The molecule has 5 rings (SSSR count). The number of rotatable bonds is 4. The van der Waals surface area contributed by atoms with Gasteiger partial charge in [0.25, 0.3) is 0 Å². The zero-order valence-electron chi connectivity index (χ0n) is 15.1. The van der Waals surface area contributed by atoms with Crippen LogP contribution in [0.5, 0.6) is 5.75 Å². The molecule has 140 valence electrons. The zero-order valence-corrected chi connectivity index (χ0v) is 15.9. The minimum atomic E-state index is 0.255. The molecule has 0 saturated heterocycles. The molecule has 0 N–H and O–H groups in total. The monoisotopic (exact) mass is 394 g/mol. The number of fused-ring (bicyclic) bond motifs is 3. The predicted molar refractivity (Wildman–Crippen MR) is 103 cm³/mol. The minimum Gasteiger partial charge on any atom is -0.484 e. The summed E-state index contributed by atoms with van der Waals surface area (Å²) in [7, 11) is 1.84. The van der Waals surface area contributed by atoms with Crippen molar-refractivity contribution in [3.63, 3.8) is 0 Å². The van der Waals surface area contributed by atoms with E-state index in [4.69, 9.17) is 20.8 Å². The molecule has 1 aromatic carbocycles. The quantitative estimate of drug-likeness (QED) is 0.461. The summed E-state index contributed by atoms with van der Waals surface area (Å²) in [5.41, 5.74) is 2.49. The van der Waals surface area contributed by atoms with Crippen LogP contribution in [0.15, 0.2) is 47.3 Å². The third-order valence-corrected chi connectivity index (χ3v) is 4.72. The molecule has 5 aromatic rings. The number of furan rings is 1. The van der Waals surface area contributed by atoms with E-state index in [9.17, 15) is 0 Å². The lowest BCUT2D eigenvalue weighted by molar-refractivity contribution is 0.272. The molecule has 4 aromatic heterocycles. The smallest absolute Gasteiger partial charge is 0.217 e. The van der Waals surface area contributed by atoms with Gasteiger partial charge in [0.05, 0.1) is 16.6 Å². The maximum Gasteiger partial charge on any atom is 0.217 e. The Morgan fingerprint density at radius 1 is 1.18 bits per heavy atom. The van der Waals surface area contributed by atoms with Gasteiger partial charge < -0.3 is 9.15 Å². The molecule has 0 atom stereocenters. The molecule has 0 radical (unpaired) electrons. The highest BCUT2D eigenvalue weighted by molar-refractivity contribution is 6.32. The molecule has 0 saturated carbocycles. The van der Waals surface area contributed by atoms with Crippen LogP contribution < -0.4 is 4.74 Å². The molecule has 0 bridgehead atoms. The fraction of sp³-hybridized carbons (Fsp3) is 0.158. The van der Waals surface area contributed by atoms with Crippen LogP contribution in [0.3, 0.4) is 0 Å². The van der Waals surface area contributed by atoms with Gasteiger partial charge in [0.2, 0.25) is 5.82 Å². The van der Waals surface area contributed by atoms with Crippen LogP contribution in [0.4, 0.5) is 0 Å². The summed E-state index contributed by atoms with van der Waals surface area (Å²) in [5, 5.41) is 10.1. The number of hydrogen-bond donors (Lipinski definition) is 0. The Kier molecular flexibility index (Phi) is 3.80. The zero-order chi connectivity index (χ0) is 19.3. The van der Waals surface area contributed by atoms with E-state index in [2.05, 4.69) is 20.2 Å². The molecule has 0 aliphatic heterocycles. The van der Waals surface area contributed by atoms with Crippen LogP contribution in [0.25, 0.3) is 28.3 Å². The van der Waals surface area contributed by atoms with Gasteiger partial charge in [-0.15, -0.1) is 5.10 Å². The highest BCUT2D eigenvalue weighted by Crippen LogP contribution is 2.27. The molecule has 0 aliphatic carbocycles. The summed E-state index contributed by atoms with van der Waals surface area (Å²) in [4.78, 5) is 8.94. The Labute approximate surface area is 164 Å². The molecule has 4 heterocycles. The summed E-state index contributed by atoms with van der Waals surface area (Å²) < 4.78 is 15.0. The fourth-order valence-corrected chi connectivity index (χ4v) is 3.16. The normalized spacial score (nSPS) is 11.5. The van der Waals surface area contributed by atoms with E-state index in [1.165, 1.54) is 0 Å². The summed E-state index contributed by atoms with van der Waals surface area (Å²) in [6.07, 6.45) is 3.34. The van der Waals surface area contributed by atoms with E-state index in [1.807, 2.05) is 44.3 Å². The second-order valence-electron chi connectivity index (χ2n) is 6.44. The van der Waals surface area contributed by atoms with E-state index in [1.54, 1.807) is 21.7 Å². The van der Waals surface area contributed by atoms with Crippen LogP contribution in [0.2, 0.25) is 5.02 Å². The van der Waals surface area contributed by atoms with Gasteiger partial charge in [-0.3, -0.25) is 4.68 Å². The summed E-state index contributed by atoms with van der Waals surface area (Å²) in [5.74, 6) is 2.29. The first kappa shape index (κ1) is 16.8. The van der Waals surface area contributed by atoms with E-state index in [0.717, 1.165) is 16.6 Å². The highest BCUT2D eigenvalue weighted by Gasteiger charge is 2.15. The average Bonchev–Trinajstić information content (AvgIpc) is 3.40. The van der Waals surface area contributed by atoms with Gasteiger partial charge >= 0.3 is 0 Å². The summed E-state index contributed by atoms with van der Waals surface area (Å²) in [6.45, 7) is 2.24. The number of halogens is 1. The molecule has 0 unspecified atom stereocenters. The van der Waals surface area contributed by atoms with Crippen molar-refractivity contribution < 1.29 is 9.15 Å². The van der Waals surface area contributed by atoms with Gasteiger partial charge in [-0.2, -0.15) is 5.10 Å². The highest BCUT2D eigenvalue weighted by atomic mass is 35.5. The Bertz CT molecular complexity index is 1320. The standard InChI is InChI=1S/C19H15ClN6O2/c1-11-3-5-14(20)16(7-11)27-9-12-4-6-15(28-12)17-23-19-13-8-22-25(2)18(13)21-10-26(19)24-17/h3-8,10H,9H2,1-2H3. The van der Waals surface area contributed by atoms with E-state index in [-0.39, 0.29) is 6.61 Å². The largest absolute Gasteiger partial charge is 0.484 e. The van der Waals surface area contributed by atoms with Gasteiger partial charge in [0.15, 0.2) is 17.1 Å². The lowest BCUT2D eigenvalue weighted by Crippen LogP contribution is -1.95. The Morgan fingerprint density at radius 2 is 2.07 bits per heavy atom. The maximum absolute atomic E-state index is 6.17. The first-order chi connectivity index (χ1) is 13.6. The van der Waals surface area contributed by atoms with Gasteiger partial charge in [-0.25, -0.2) is 14.5 Å². The van der Waals surface area contributed by atoms with Gasteiger partial charge in [0, 0.05) is 7.05 Å². The van der Waals surface area contributed by atoms with Crippen molar-refractivity contribution >= 4 is 28.3 Å². The van der Waals surface area contributed by atoms with Crippen molar-refractivity contribution in [2.24, 2.45) is 7.05 Å². The van der Waals surface area contributed by atoms with Crippen LogP contribution in [0.1, 0.15) is 11.3 Å². The third kappa shape index (κ3) is 2.78. The van der Waals surface area contributed by atoms with Gasteiger partial charge in [-0.05, 0) is 36.8 Å². The second-order valence-corrected chi connectivity index (χ2v) is 6.85. The third-order valence-electron chi connectivity index (χ3n) is 4.41. The van der Waals surface area contributed by atoms with Crippen molar-refractivity contribution in [3.05, 3.63) is 59.2 Å². The Hall–Kier alpha value is -3.39. The molecule has 0 spiro atoms. The molecule has 0 aliphatic rings. The topological polar surface area (TPSA) is 83.3 Å². The van der Waals surface area contributed by atoms with Crippen molar-refractivity contribution in [3.8, 4) is 17.3 Å². The average molecular weight is 395 g/mol. The van der Waals surface area contributed by atoms with E-state index >= 15 is 0 Å². The Morgan fingerprint density at radius 3 is 2.96 bits per heavy atom. The first-order valence-corrected chi connectivity index (χ1v) is 8.97. The number of aryl methyl sites for hydroxylation is 2. The number of benzene rings is 1. The molecular weight excluding hydrogens is 380 g/mol. The SMILES string of the molecule is Cc1ccc(Cl)c(OCc2ccc(-c3nc4c5cnn(C)c5ncn4n3)o2)c1. The number of nitrogens with zero attached hydrogens (tertiary/aromatic N) is 6. The van der Waals surface area contributed by atoms with Crippen LogP contribution >= 0.6 is 11.6 Å². The van der Waals surface area contributed by atoms with E-state index < -0.39 is 0 Å². The first-order valence-electron chi connectivity index (χ1n) is 8.59. The Balaban J connectivity index is 1.42. The number of aromatic nitrogens is 6. The van der Waals surface area contributed by atoms with Crippen molar-refractivity contribution in [1.82, 2.24) is 29.4 Å². The summed E-state index contributed by atoms with van der Waals surface area (Å²) in [6, 6.07) is 9.29. The van der Waals surface area contributed by atoms with Crippen LogP contribution in [0, 0.1) is 6.92 Å². The molecular formula is C19H15ClN6O2. The van der Waals surface area contributed by atoms with E-state index in [0.29, 0.717) is 33.8 Å². The lowest BCUT2D eigenvalue weighted by atomic mass is 10.2. The molecule has 28 heavy (non-hydrogen) atoms. The van der Waals surface area contributed by atoms with Gasteiger partial charge in [0.1, 0.15) is 24.4 Å². The molecule has 0 amide bonds.